The molecule has 1 atom stereocenters. The fraction of sp³-hybridized carbons (Fsp3) is 0.667. The fourth-order valence-electron chi connectivity index (χ4n) is 2.34. The van der Waals surface area contributed by atoms with E-state index in [0.29, 0.717) is 13.1 Å². The van der Waals surface area contributed by atoms with Crippen molar-refractivity contribution in [3.63, 3.8) is 0 Å². The standard InChI is InChI=1S/C12H20N4O3S/c1-9-11(7-14-15-9)6-13-12(17)10-4-3-5-16(8-10)20(2,18)19/h7,10H,3-6,8H2,1-2H3,(H,13,17)(H,14,15). The van der Waals surface area contributed by atoms with E-state index in [1.165, 1.54) is 10.6 Å². The van der Waals surface area contributed by atoms with Gasteiger partial charge in [-0.2, -0.15) is 5.10 Å². The van der Waals surface area contributed by atoms with Gasteiger partial charge in [-0.25, -0.2) is 12.7 Å². The Balaban J connectivity index is 1.91. The van der Waals surface area contributed by atoms with Gasteiger partial charge in [-0.05, 0) is 19.8 Å². The van der Waals surface area contributed by atoms with Crippen LogP contribution in [0.1, 0.15) is 24.1 Å². The van der Waals surface area contributed by atoms with Crippen LogP contribution >= 0.6 is 0 Å². The van der Waals surface area contributed by atoms with Crippen LogP contribution in [0.25, 0.3) is 0 Å². The largest absolute Gasteiger partial charge is 0.352 e. The first-order chi connectivity index (χ1) is 9.38. The minimum absolute atomic E-state index is 0.0982. The maximum Gasteiger partial charge on any atom is 0.224 e. The molecule has 7 nitrogen and oxygen atoms in total. The first kappa shape index (κ1) is 15.0. The number of sulfonamides is 1. The Morgan fingerprint density at radius 1 is 1.60 bits per heavy atom. The summed E-state index contributed by atoms with van der Waals surface area (Å²) in [4.78, 5) is 12.1. The van der Waals surface area contributed by atoms with Gasteiger partial charge in [0.05, 0.1) is 18.4 Å². The Hall–Kier alpha value is -1.41. The van der Waals surface area contributed by atoms with Crippen LogP contribution in [0, 0.1) is 12.8 Å². The molecule has 1 fully saturated rings. The van der Waals surface area contributed by atoms with Gasteiger partial charge in [0.25, 0.3) is 0 Å². The molecular weight excluding hydrogens is 280 g/mol. The number of amides is 1. The zero-order valence-electron chi connectivity index (χ0n) is 11.7. The molecule has 0 aromatic carbocycles. The third kappa shape index (κ3) is 3.57. The van der Waals surface area contributed by atoms with Crippen molar-refractivity contribution >= 4 is 15.9 Å². The predicted octanol–water partition coefficient (Wildman–Crippen LogP) is 0.00592. The summed E-state index contributed by atoms with van der Waals surface area (Å²) < 4.78 is 24.4. The zero-order chi connectivity index (χ0) is 14.8. The molecule has 1 aromatic heterocycles. The average molecular weight is 300 g/mol. The van der Waals surface area contributed by atoms with Crippen molar-refractivity contribution in [3.05, 3.63) is 17.5 Å². The number of nitrogens with zero attached hydrogens (tertiary/aromatic N) is 2. The van der Waals surface area contributed by atoms with Crippen LogP contribution in [-0.4, -0.2) is 48.2 Å². The van der Waals surface area contributed by atoms with Crippen molar-refractivity contribution in [3.8, 4) is 0 Å². The number of hydrogen-bond acceptors (Lipinski definition) is 4. The summed E-state index contributed by atoms with van der Waals surface area (Å²) in [6.07, 6.45) is 4.31. The lowest BCUT2D eigenvalue weighted by molar-refractivity contribution is -0.126. The van der Waals surface area contributed by atoms with E-state index in [-0.39, 0.29) is 18.4 Å². The molecule has 1 amide bonds. The predicted molar refractivity (Wildman–Crippen MR) is 74.3 cm³/mol. The highest BCUT2D eigenvalue weighted by molar-refractivity contribution is 7.88. The zero-order valence-corrected chi connectivity index (χ0v) is 12.5. The second kappa shape index (κ2) is 5.92. The number of carbonyl (C=O) groups is 1. The molecular formula is C12H20N4O3S. The van der Waals surface area contributed by atoms with E-state index in [0.717, 1.165) is 24.1 Å². The summed E-state index contributed by atoms with van der Waals surface area (Å²) in [5.74, 6) is -0.371. The van der Waals surface area contributed by atoms with Crippen LogP contribution in [0.2, 0.25) is 0 Å². The van der Waals surface area contributed by atoms with Gasteiger partial charge < -0.3 is 5.32 Å². The van der Waals surface area contributed by atoms with Gasteiger partial charge >= 0.3 is 0 Å². The van der Waals surface area contributed by atoms with Crippen molar-refractivity contribution in [1.29, 1.82) is 0 Å². The third-order valence-corrected chi connectivity index (χ3v) is 4.88. The molecule has 1 aromatic rings. The number of hydrogen-bond donors (Lipinski definition) is 2. The molecule has 1 aliphatic heterocycles. The minimum atomic E-state index is -3.22. The Bertz CT molecular complexity index is 581. The van der Waals surface area contributed by atoms with Gasteiger partial charge in [-0.15, -0.1) is 0 Å². The van der Waals surface area contributed by atoms with Gasteiger partial charge in [-0.1, -0.05) is 0 Å². The van der Waals surface area contributed by atoms with Crippen LogP contribution < -0.4 is 5.32 Å². The molecule has 1 saturated heterocycles. The molecule has 1 unspecified atom stereocenters. The van der Waals surface area contributed by atoms with Gasteiger partial charge in [0.15, 0.2) is 0 Å². The van der Waals surface area contributed by atoms with Crippen molar-refractivity contribution < 1.29 is 13.2 Å². The smallest absolute Gasteiger partial charge is 0.224 e. The second-order valence-corrected chi connectivity index (χ2v) is 7.18. The SMILES string of the molecule is Cc1[nH]ncc1CNC(=O)C1CCCN(S(C)(=O)=O)C1. The van der Waals surface area contributed by atoms with E-state index >= 15 is 0 Å². The normalized spacial score (nSPS) is 20.8. The number of aromatic amines is 1. The van der Waals surface area contributed by atoms with E-state index in [1.54, 1.807) is 6.20 Å². The first-order valence-corrected chi connectivity index (χ1v) is 8.44. The van der Waals surface area contributed by atoms with E-state index in [1.807, 2.05) is 6.92 Å². The molecule has 1 aliphatic rings. The average Bonchev–Trinajstić information content (AvgIpc) is 2.81. The molecule has 2 rings (SSSR count). The molecule has 20 heavy (non-hydrogen) atoms. The van der Waals surface area contributed by atoms with Crippen molar-refractivity contribution in [2.24, 2.45) is 5.92 Å². The maximum absolute atomic E-state index is 12.1. The maximum atomic E-state index is 12.1. The fourth-order valence-corrected chi connectivity index (χ4v) is 3.25. The number of aryl methyl sites for hydroxylation is 1. The van der Waals surface area contributed by atoms with Crippen LogP contribution in [0.15, 0.2) is 6.20 Å². The van der Waals surface area contributed by atoms with Gasteiger partial charge in [-0.3, -0.25) is 9.89 Å². The Labute approximate surface area is 118 Å². The number of H-pyrrole nitrogens is 1. The molecule has 2 N–H and O–H groups in total. The van der Waals surface area contributed by atoms with Gasteiger partial charge in [0.1, 0.15) is 0 Å². The molecule has 0 radical (unpaired) electrons. The van der Waals surface area contributed by atoms with Crippen LogP contribution in [0.4, 0.5) is 0 Å². The molecule has 112 valence electrons. The van der Waals surface area contributed by atoms with Crippen LogP contribution in [0.5, 0.6) is 0 Å². The number of rotatable bonds is 4. The highest BCUT2D eigenvalue weighted by Gasteiger charge is 2.29. The summed E-state index contributed by atoms with van der Waals surface area (Å²) in [5.41, 5.74) is 1.86. The number of carbonyl (C=O) groups excluding carboxylic acids is 1. The van der Waals surface area contributed by atoms with Gasteiger partial charge in [0, 0.05) is 30.9 Å². The van der Waals surface area contributed by atoms with E-state index in [9.17, 15) is 13.2 Å². The van der Waals surface area contributed by atoms with E-state index < -0.39 is 10.0 Å². The second-order valence-electron chi connectivity index (χ2n) is 5.20. The van der Waals surface area contributed by atoms with Crippen molar-refractivity contribution in [2.75, 3.05) is 19.3 Å². The molecule has 0 aliphatic carbocycles. The number of aromatic nitrogens is 2. The summed E-state index contributed by atoms with van der Waals surface area (Å²) in [7, 11) is -3.22. The lowest BCUT2D eigenvalue weighted by atomic mass is 9.99. The number of nitrogens with one attached hydrogen (secondary N) is 2. The lowest BCUT2D eigenvalue weighted by Gasteiger charge is -2.30. The van der Waals surface area contributed by atoms with Gasteiger partial charge in [0.2, 0.25) is 15.9 Å². The van der Waals surface area contributed by atoms with Crippen molar-refractivity contribution in [2.45, 2.75) is 26.3 Å². The Morgan fingerprint density at radius 3 is 2.95 bits per heavy atom. The third-order valence-electron chi connectivity index (χ3n) is 3.61. The Morgan fingerprint density at radius 2 is 2.35 bits per heavy atom. The monoisotopic (exact) mass is 300 g/mol. The highest BCUT2D eigenvalue weighted by Crippen LogP contribution is 2.19. The lowest BCUT2D eigenvalue weighted by Crippen LogP contribution is -2.44. The molecule has 8 heteroatoms. The molecule has 0 saturated carbocycles. The molecule has 2 heterocycles. The van der Waals surface area contributed by atoms with E-state index in [2.05, 4.69) is 15.5 Å². The molecule has 0 spiro atoms. The molecule has 0 bridgehead atoms. The highest BCUT2D eigenvalue weighted by atomic mass is 32.2. The quantitative estimate of drug-likeness (QED) is 0.818. The number of piperidine rings is 1. The summed E-state index contributed by atoms with van der Waals surface area (Å²) in [6, 6.07) is 0. The summed E-state index contributed by atoms with van der Waals surface area (Å²) >= 11 is 0. The summed E-state index contributed by atoms with van der Waals surface area (Å²) in [5, 5.41) is 9.55. The van der Waals surface area contributed by atoms with Crippen LogP contribution in [-0.2, 0) is 21.4 Å². The Kier molecular flexibility index (Phi) is 4.44. The first-order valence-electron chi connectivity index (χ1n) is 6.59. The topological polar surface area (TPSA) is 95.2 Å². The van der Waals surface area contributed by atoms with Crippen LogP contribution in [0.3, 0.4) is 0 Å². The summed E-state index contributed by atoms with van der Waals surface area (Å²) in [6.45, 7) is 3.08. The van der Waals surface area contributed by atoms with Crippen molar-refractivity contribution in [1.82, 2.24) is 19.8 Å². The van der Waals surface area contributed by atoms with E-state index in [4.69, 9.17) is 0 Å². The minimum Gasteiger partial charge on any atom is -0.352 e.